The Morgan fingerprint density at radius 3 is 2.41 bits per heavy atom. The lowest BCUT2D eigenvalue weighted by Gasteiger charge is -2.05. The van der Waals surface area contributed by atoms with Crippen LogP contribution in [0.5, 0.6) is 5.75 Å². The maximum atomic E-state index is 11.0. The van der Waals surface area contributed by atoms with Gasteiger partial charge in [0.15, 0.2) is 12.9 Å². The zero-order chi connectivity index (χ0) is 12.7. The number of rotatable bonds is 6. The van der Waals surface area contributed by atoms with E-state index < -0.39 is 11.8 Å². The number of ether oxygens (including phenoxy) is 2. The molecule has 0 aliphatic rings. The molecule has 0 saturated carbocycles. The fraction of sp³-hybridized carbons (Fsp3) is 0.250. The van der Waals surface area contributed by atoms with Crippen LogP contribution < -0.4 is 4.74 Å². The summed E-state index contributed by atoms with van der Waals surface area (Å²) >= 11 is 0. The molecule has 0 fully saturated rings. The van der Waals surface area contributed by atoms with Crippen LogP contribution in [-0.2, 0) is 14.3 Å². The summed E-state index contributed by atoms with van der Waals surface area (Å²) in [7, 11) is 0. The second kappa shape index (κ2) is 6.42. The van der Waals surface area contributed by atoms with Crippen molar-refractivity contribution in [3.63, 3.8) is 0 Å². The Kier molecular flexibility index (Phi) is 4.87. The van der Waals surface area contributed by atoms with Crippen LogP contribution in [0.2, 0.25) is 0 Å². The number of carbonyl (C=O) groups is 3. The lowest BCUT2D eigenvalue weighted by molar-refractivity contribution is -0.145. The average Bonchev–Trinajstić information content (AvgIpc) is 2.36. The first-order valence-electron chi connectivity index (χ1n) is 5.05. The second-order valence-corrected chi connectivity index (χ2v) is 3.10. The normalized spacial score (nSPS) is 9.47. The monoisotopic (exact) mass is 236 g/mol. The van der Waals surface area contributed by atoms with E-state index in [0.717, 1.165) is 0 Å². The van der Waals surface area contributed by atoms with Gasteiger partial charge in [-0.2, -0.15) is 0 Å². The van der Waals surface area contributed by atoms with Gasteiger partial charge in [0.05, 0.1) is 6.61 Å². The van der Waals surface area contributed by atoms with E-state index in [2.05, 4.69) is 4.74 Å². The number of carbonyl (C=O) groups excluding carboxylic acids is 3. The summed E-state index contributed by atoms with van der Waals surface area (Å²) in [6, 6.07) is 5.93. The van der Waals surface area contributed by atoms with Crippen molar-refractivity contribution in [1.29, 1.82) is 0 Å². The molecule has 0 saturated heterocycles. The fourth-order valence-corrected chi connectivity index (χ4v) is 1.13. The fourth-order valence-electron chi connectivity index (χ4n) is 1.13. The number of hydrogen-bond acceptors (Lipinski definition) is 5. The third-order valence-electron chi connectivity index (χ3n) is 1.91. The number of hydrogen-bond donors (Lipinski definition) is 0. The van der Waals surface area contributed by atoms with Gasteiger partial charge in [0.25, 0.3) is 0 Å². The Hall–Kier alpha value is -2.17. The van der Waals surface area contributed by atoms with E-state index in [0.29, 0.717) is 12.4 Å². The Labute approximate surface area is 98.3 Å². The van der Waals surface area contributed by atoms with E-state index in [1.54, 1.807) is 6.92 Å². The molecule has 0 radical (unpaired) electrons. The molecule has 0 bridgehead atoms. The number of esters is 1. The van der Waals surface area contributed by atoms with E-state index in [-0.39, 0.29) is 18.5 Å². The van der Waals surface area contributed by atoms with E-state index >= 15 is 0 Å². The molecule has 0 aliphatic heterocycles. The first kappa shape index (κ1) is 12.9. The molecule has 0 aliphatic carbocycles. The molecule has 1 aromatic rings. The molecule has 17 heavy (non-hydrogen) atoms. The molecule has 90 valence electrons. The number of ketones is 1. The van der Waals surface area contributed by atoms with Crippen molar-refractivity contribution >= 4 is 18.0 Å². The first-order chi connectivity index (χ1) is 8.17. The highest BCUT2D eigenvalue weighted by atomic mass is 16.6. The summed E-state index contributed by atoms with van der Waals surface area (Å²) in [5, 5.41) is 0. The van der Waals surface area contributed by atoms with E-state index in [4.69, 9.17) is 4.74 Å². The SMILES string of the molecule is CCOC(=O)COc1ccc(C(=O)C=O)cc1. The van der Waals surface area contributed by atoms with Crippen molar-refractivity contribution in [2.45, 2.75) is 6.92 Å². The molecule has 0 aromatic heterocycles. The van der Waals surface area contributed by atoms with Gasteiger partial charge >= 0.3 is 5.97 Å². The summed E-state index contributed by atoms with van der Waals surface area (Å²) < 4.78 is 9.79. The second-order valence-electron chi connectivity index (χ2n) is 3.10. The molecule has 0 N–H and O–H groups in total. The number of Topliss-reactive ketones (excluding diaryl/α,β-unsaturated/α-hetero) is 1. The van der Waals surface area contributed by atoms with Gasteiger partial charge in [0, 0.05) is 5.56 Å². The molecule has 0 amide bonds. The maximum Gasteiger partial charge on any atom is 0.344 e. The van der Waals surface area contributed by atoms with Gasteiger partial charge in [-0.3, -0.25) is 9.59 Å². The Morgan fingerprint density at radius 1 is 1.24 bits per heavy atom. The molecule has 5 heteroatoms. The summed E-state index contributed by atoms with van der Waals surface area (Å²) in [5.41, 5.74) is 0.281. The minimum absolute atomic E-state index is 0.186. The van der Waals surface area contributed by atoms with Crippen LogP contribution in [0.3, 0.4) is 0 Å². The summed E-state index contributed by atoms with van der Waals surface area (Å²) in [6.45, 7) is 1.82. The minimum Gasteiger partial charge on any atom is -0.482 e. The summed E-state index contributed by atoms with van der Waals surface area (Å²) in [5.74, 6) is -0.622. The van der Waals surface area contributed by atoms with Gasteiger partial charge in [-0.05, 0) is 31.2 Å². The summed E-state index contributed by atoms with van der Waals surface area (Å²) in [6.07, 6.45) is 0.245. The Balaban J connectivity index is 2.54. The van der Waals surface area contributed by atoms with E-state index in [1.807, 2.05) is 0 Å². The van der Waals surface area contributed by atoms with E-state index in [1.165, 1.54) is 24.3 Å². The molecule has 0 spiro atoms. The topological polar surface area (TPSA) is 69.7 Å². The number of benzene rings is 1. The predicted molar refractivity (Wildman–Crippen MR) is 59.0 cm³/mol. The average molecular weight is 236 g/mol. The smallest absolute Gasteiger partial charge is 0.344 e. The molecule has 0 unspecified atom stereocenters. The van der Waals surface area contributed by atoms with Crippen molar-refractivity contribution in [3.8, 4) is 5.75 Å². The third kappa shape index (κ3) is 4.06. The molecule has 1 rings (SSSR count). The van der Waals surface area contributed by atoms with Crippen LogP contribution in [0.4, 0.5) is 0 Å². The molecule has 5 nitrogen and oxygen atoms in total. The molecule has 0 heterocycles. The first-order valence-corrected chi connectivity index (χ1v) is 5.05. The standard InChI is InChI=1S/C12H12O5/c1-2-16-12(15)8-17-10-5-3-9(4-6-10)11(14)7-13/h3-7H,2,8H2,1H3. The highest BCUT2D eigenvalue weighted by molar-refractivity contribution is 6.33. The van der Waals surface area contributed by atoms with Gasteiger partial charge in [-0.25, -0.2) is 4.79 Å². The van der Waals surface area contributed by atoms with E-state index in [9.17, 15) is 14.4 Å². The van der Waals surface area contributed by atoms with Crippen molar-refractivity contribution in [2.24, 2.45) is 0 Å². The largest absolute Gasteiger partial charge is 0.482 e. The third-order valence-corrected chi connectivity index (χ3v) is 1.91. The molecular weight excluding hydrogens is 224 g/mol. The highest BCUT2D eigenvalue weighted by Gasteiger charge is 2.05. The lowest BCUT2D eigenvalue weighted by Crippen LogP contribution is -2.14. The maximum absolute atomic E-state index is 11.0. The van der Waals surface area contributed by atoms with Crippen molar-refractivity contribution in [2.75, 3.05) is 13.2 Å². The zero-order valence-corrected chi connectivity index (χ0v) is 9.34. The number of aldehydes is 1. The van der Waals surface area contributed by atoms with Crippen LogP contribution in [-0.4, -0.2) is 31.3 Å². The van der Waals surface area contributed by atoms with Crippen LogP contribution in [0.15, 0.2) is 24.3 Å². The van der Waals surface area contributed by atoms with Gasteiger partial charge in [-0.1, -0.05) is 0 Å². The van der Waals surface area contributed by atoms with Crippen molar-refractivity contribution in [3.05, 3.63) is 29.8 Å². The molecular formula is C12H12O5. The summed E-state index contributed by atoms with van der Waals surface area (Å²) in [4.78, 5) is 32.2. The van der Waals surface area contributed by atoms with Gasteiger partial charge in [-0.15, -0.1) is 0 Å². The minimum atomic E-state index is -0.595. The molecule has 1 aromatic carbocycles. The Morgan fingerprint density at radius 2 is 1.88 bits per heavy atom. The quantitative estimate of drug-likeness (QED) is 0.319. The highest BCUT2D eigenvalue weighted by Crippen LogP contribution is 2.12. The van der Waals surface area contributed by atoms with Crippen molar-refractivity contribution in [1.82, 2.24) is 0 Å². The molecule has 0 atom stereocenters. The van der Waals surface area contributed by atoms with Gasteiger partial charge in [0.1, 0.15) is 5.75 Å². The van der Waals surface area contributed by atoms with Crippen LogP contribution in [0.25, 0.3) is 0 Å². The van der Waals surface area contributed by atoms with Crippen LogP contribution >= 0.6 is 0 Å². The van der Waals surface area contributed by atoms with Crippen LogP contribution in [0, 0.1) is 0 Å². The van der Waals surface area contributed by atoms with Gasteiger partial charge < -0.3 is 9.47 Å². The van der Waals surface area contributed by atoms with Crippen LogP contribution in [0.1, 0.15) is 17.3 Å². The van der Waals surface area contributed by atoms with Crippen molar-refractivity contribution < 1.29 is 23.9 Å². The lowest BCUT2D eigenvalue weighted by atomic mass is 10.1. The van der Waals surface area contributed by atoms with Gasteiger partial charge in [0.2, 0.25) is 5.78 Å². The predicted octanol–water partition coefficient (Wildman–Crippen LogP) is 1.01. The zero-order valence-electron chi connectivity index (χ0n) is 9.34. The Bertz CT molecular complexity index is 407.